The molecule has 0 amide bonds. The molecule has 1 atom stereocenters. The second-order valence-corrected chi connectivity index (χ2v) is 4.48. The minimum Gasteiger partial charge on any atom is -0.516 e. The smallest absolute Gasteiger partial charge is 0.125 e. The number of aliphatic hydroxyl groups excluding tert-OH is 1. The van der Waals surface area contributed by atoms with E-state index in [0.717, 1.165) is 29.6 Å². The minimum atomic E-state index is -0.0606. The predicted molar refractivity (Wildman–Crippen MR) is 81.6 cm³/mol. The first-order valence-corrected chi connectivity index (χ1v) is 6.66. The van der Waals surface area contributed by atoms with Gasteiger partial charge in [0.05, 0.1) is 6.26 Å². The summed E-state index contributed by atoms with van der Waals surface area (Å²) in [5.74, 6) is 0.767. The van der Waals surface area contributed by atoms with Crippen LogP contribution in [0.15, 0.2) is 60.9 Å². The van der Waals surface area contributed by atoms with Crippen LogP contribution in [0.5, 0.6) is 5.75 Å². The lowest BCUT2D eigenvalue weighted by molar-refractivity contribution is 0.198. The third-order valence-corrected chi connectivity index (χ3v) is 3.00. The predicted octanol–water partition coefficient (Wildman–Crippen LogP) is 3.68. The minimum absolute atomic E-state index is 0.0606. The van der Waals surface area contributed by atoms with E-state index in [1.807, 2.05) is 54.6 Å². The highest BCUT2D eigenvalue weighted by molar-refractivity contribution is 5.50. The Morgan fingerprint density at radius 2 is 1.90 bits per heavy atom. The molecule has 2 rings (SSSR count). The summed E-state index contributed by atoms with van der Waals surface area (Å²) in [6.45, 7) is 0.565. The average molecular weight is 269 g/mol. The van der Waals surface area contributed by atoms with Crippen LogP contribution in [0.3, 0.4) is 0 Å². The van der Waals surface area contributed by atoms with Crippen LogP contribution in [-0.2, 0) is 0 Å². The number of hydrogen-bond donors (Lipinski definition) is 2. The number of nitrogens with two attached hydrogens (primary N) is 1. The maximum absolute atomic E-state index is 8.82. The lowest BCUT2D eigenvalue weighted by Crippen LogP contribution is -2.13. The molecule has 3 N–H and O–H groups in total. The SMILES string of the molecule is NCCC(Oc1cccc(/C=C\O)c1)c1ccccc1. The van der Waals surface area contributed by atoms with Crippen molar-refractivity contribution >= 4 is 6.08 Å². The fourth-order valence-electron chi connectivity index (χ4n) is 2.05. The summed E-state index contributed by atoms with van der Waals surface area (Å²) in [4.78, 5) is 0. The largest absolute Gasteiger partial charge is 0.516 e. The molecule has 0 spiro atoms. The quantitative estimate of drug-likeness (QED) is 0.786. The van der Waals surface area contributed by atoms with Crippen molar-refractivity contribution in [1.82, 2.24) is 0 Å². The first kappa shape index (κ1) is 14.2. The maximum atomic E-state index is 8.82. The summed E-state index contributed by atoms with van der Waals surface area (Å²) in [5, 5.41) is 8.82. The van der Waals surface area contributed by atoms with Crippen LogP contribution in [0.1, 0.15) is 23.7 Å². The molecule has 0 aliphatic rings. The van der Waals surface area contributed by atoms with E-state index in [0.29, 0.717) is 6.54 Å². The van der Waals surface area contributed by atoms with Gasteiger partial charge in [0.15, 0.2) is 0 Å². The highest BCUT2D eigenvalue weighted by Gasteiger charge is 2.12. The maximum Gasteiger partial charge on any atom is 0.125 e. The van der Waals surface area contributed by atoms with Crippen molar-refractivity contribution in [1.29, 1.82) is 0 Å². The van der Waals surface area contributed by atoms with Gasteiger partial charge in [-0.2, -0.15) is 0 Å². The van der Waals surface area contributed by atoms with E-state index in [2.05, 4.69) is 0 Å². The standard InChI is InChI=1S/C17H19NO2/c18-11-9-17(15-6-2-1-3-7-15)20-16-8-4-5-14(13-16)10-12-19/h1-8,10,12-13,17,19H,9,11,18H2/b12-10-. The molecule has 2 aromatic rings. The van der Waals surface area contributed by atoms with E-state index < -0.39 is 0 Å². The van der Waals surface area contributed by atoms with E-state index in [9.17, 15) is 0 Å². The van der Waals surface area contributed by atoms with Gasteiger partial charge in [0.25, 0.3) is 0 Å². The fraction of sp³-hybridized carbons (Fsp3) is 0.176. The zero-order valence-corrected chi connectivity index (χ0v) is 11.3. The van der Waals surface area contributed by atoms with E-state index in [4.69, 9.17) is 15.6 Å². The Kier molecular flexibility index (Phi) is 5.21. The molecule has 0 bridgehead atoms. The molecule has 0 saturated carbocycles. The number of benzene rings is 2. The Morgan fingerprint density at radius 3 is 2.60 bits per heavy atom. The first-order valence-electron chi connectivity index (χ1n) is 6.66. The van der Waals surface area contributed by atoms with Crippen molar-refractivity contribution in [2.75, 3.05) is 6.54 Å². The van der Waals surface area contributed by atoms with Crippen LogP contribution >= 0.6 is 0 Å². The van der Waals surface area contributed by atoms with E-state index in [-0.39, 0.29) is 6.10 Å². The molecule has 0 radical (unpaired) electrons. The van der Waals surface area contributed by atoms with Crippen molar-refractivity contribution in [3.63, 3.8) is 0 Å². The van der Waals surface area contributed by atoms with Crippen molar-refractivity contribution in [2.24, 2.45) is 5.73 Å². The summed E-state index contributed by atoms with van der Waals surface area (Å²) in [6.07, 6.45) is 3.33. The molecule has 104 valence electrons. The van der Waals surface area contributed by atoms with Crippen LogP contribution in [0, 0.1) is 0 Å². The molecule has 2 aromatic carbocycles. The lowest BCUT2D eigenvalue weighted by Gasteiger charge is -2.19. The van der Waals surface area contributed by atoms with Gasteiger partial charge in [-0.1, -0.05) is 42.5 Å². The van der Waals surface area contributed by atoms with Crippen LogP contribution in [0.4, 0.5) is 0 Å². The van der Waals surface area contributed by atoms with Gasteiger partial charge >= 0.3 is 0 Å². The lowest BCUT2D eigenvalue weighted by atomic mass is 10.1. The molecule has 0 saturated heterocycles. The summed E-state index contributed by atoms with van der Waals surface area (Å²) in [7, 11) is 0. The van der Waals surface area contributed by atoms with Crippen LogP contribution < -0.4 is 10.5 Å². The summed E-state index contributed by atoms with van der Waals surface area (Å²) in [6, 6.07) is 17.6. The third-order valence-electron chi connectivity index (χ3n) is 3.00. The number of hydrogen-bond acceptors (Lipinski definition) is 3. The summed E-state index contributed by atoms with van der Waals surface area (Å²) < 4.78 is 6.03. The summed E-state index contributed by atoms with van der Waals surface area (Å²) >= 11 is 0. The Bertz CT molecular complexity index is 552. The van der Waals surface area contributed by atoms with Crippen molar-refractivity contribution in [2.45, 2.75) is 12.5 Å². The number of ether oxygens (including phenoxy) is 1. The third kappa shape index (κ3) is 3.87. The molecule has 0 aliphatic carbocycles. The Morgan fingerprint density at radius 1 is 1.10 bits per heavy atom. The molecule has 0 fully saturated rings. The van der Waals surface area contributed by atoms with Gasteiger partial charge in [0, 0.05) is 6.42 Å². The topological polar surface area (TPSA) is 55.5 Å². The monoisotopic (exact) mass is 269 g/mol. The van der Waals surface area contributed by atoms with Crippen molar-refractivity contribution in [3.8, 4) is 5.75 Å². The van der Waals surface area contributed by atoms with Crippen LogP contribution in [0.25, 0.3) is 6.08 Å². The van der Waals surface area contributed by atoms with E-state index in [1.54, 1.807) is 6.08 Å². The highest BCUT2D eigenvalue weighted by atomic mass is 16.5. The van der Waals surface area contributed by atoms with E-state index >= 15 is 0 Å². The highest BCUT2D eigenvalue weighted by Crippen LogP contribution is 2.25. The van der Waals surface area contributed by atoms with Gasteiger partial charge in [0.1, 0.15) is 11.9 Å². The van der Waals surface area contributed by atoms with Gasteiger partial charge in [-0.05, 0) is 35.9 Å². The van der Waals surface area contributed by atoms with Gasteiger partial charge in [0.2, 0.25) is 0 Å². The van der Waals surface area contributed by atoms with Gasteiger partial charge < -0.3 is 15.6 Å². The fourth-order valence-corrected chi connectivity index (χ4v) is 2.05. The molecule has 20 heavy (non-hydrogen) atoms. The molecule has 3 nitrogen and oxygen atoms in total. The first-order chi connectivity index (χ1) is 9.83. The summed E-state index contributed by atoms with van der Waals surface area (Å²) in [5.41, 5.74) is 7.68. The Hall–Kier alpha value is -2.26. The second kappa shape index (κ2) is 7.36. The molecule has 3 heteroatoms. The van der Waals surface area contributed by atoms with Gasteiger partial charge in [-0.15, -0.1) is 0 Å². The Labute approximate surface area is 119 Å². The van der Waals surface area contributed by atoms with Gasteiger partial charge in [-0.25, -0.2) is 0 Å². The Balaban J connectivity index is 2.18. The second-order valence-electron chi connectivity index (χ2n) is 4.48. The van der Waals surface area contributed by atoms with Crippen molar-refractivity contribution in [3.05, 3.63) is 72.0 Å². The number of aliphatic hydroxyl groups is 1. The molecular formula is C17H19NO2. The molecule has 0 aromatic heterocycles. The zero-order chi connectivity index (χ0) is 14.2. The molecule has 1 unspecified atom stereocenters. The normalized spacial score (nSPS) is 12.4. The number of rotatable bonds is 6. The van der Waals surface area contributed by atoms with Crippen molar-refractivity contribution < 1.29 is 9.84 Å². The molecular weight excluding hydrogens is 250 g/mol. The van der Waals surface area contributed by atoms with Crippen LogP contribution in [0.2, 0.25) is 0 Å². The average Bonchev–Trinajstić information content (AvgIpc) is 2.48. The molecule has 0 aliphatic heterocycles. The van der Waals surface area contributed by atoms with Gasteiger partial charge in [-0.3, -0.25) is 0 Å². The van der Waals surface area contributed by atoms with Crippen LogP contribution in [-0.4, -0.2) is 11.7 Å². The molecule has 0 heterocycles. The van der Waals surface area contributed by atoms with E-state index in [1.165, 1.54) is 0 Å². The zero-order valence-electron chi connectivity index (χ0n) is 11.3.